The molecule has 1 aromatic carbocycles. The molecule has 0 aromatic heterocycles. The molecule has 0 aliphatic carbocycles. The van der Waals surface area contributed by atoms with Crippen molar-refractivity contribution in [1.82, 2.24) is 5.32 Å². The lowest BCUT2D eigenvalue weighted by atomic mass is 10.0. The molecule has 0 radical (unpaired) electrons. The molecule has 0 saturated heterocycles. The van der Waals surface area contributed by atoms with Crippen molar-refractivity contribution in [2.45, 2.75) is 45.6 Å². The summed E-state index contributed by atoms with van der Waals surface area (Å²) in [6.07, 6.45) is 0.880. The summed E-state index contributed by atoms with van der Waals surface area (Å²) < 4.78 is 5.78. The van der Waals surface area contributed by atoms with Crippen LogP contribution in [0.25, 0.3) is 0 Å². The normalized spacial score (nSPS) is 14.1. The van der Waals surface area contributed by atoms with Crippen LogP contribution in [0.15, 0.2) is 24.3 Å². The van der Waals surface area contributed by atoms with Crippen molar-refractivity contribution in [2.24, 2.45) is 0 Å². The zero-order valence-corrected chi connectivity index (χ0v) is 12.8. The van der Waals surface area contributed by atoms with Gasteiger partial charge in [-0.1, -0.05) is 39.0 Å². The Kier molecular flexibility index (Phi) is 6.02. The zero-order chi connectivity index (χ0) is 15.2. The largest absolute Gasteiger partial charge is 0.491 e. The summed E-state index contributed by atoms with van der Waals surface area (Å²) in [6.45, 7) is 8.60. The molecule has 112 valence electrons. The number of hydrogen-bond donors (Lipinski definition) is 2. The average Bonchev–Trinajstić information content (AvgIpc) is 2.43. The van der Waals surface area contributed by atoms with Gasteiger partial charge in [0.25, 0.3) is 0 Å². The first-order valence-electron chi connectivity index (χ1n) is 7.11. The fourth-order valence-electron chi connectivity index (χ4n) is 1.90. The van der Waals surface area contributed by atoms with Crippen LogP contribution in [-0.4, -0.2) is 29.8 Å². The molecule has 20 heavy (non-hydrogen) atoms. The number of nitrogens with one attached hydrogen (secondary N) is 1. The Morgan fingerprint density at radius 3 is 2.60 bits per heavy atom. The van der Waals surface area contributed by atoms with E-state index < -0.39 is 11.5 Å². The van der Waals surface area contributed by atoms with Gasteiger partial charge in [-0.3, -0.25) is 10.1 Å². The summed E-state index contributed by atoms with van der Waals surface area (Å²) in [4.78, 5) is 11.4. The monoisotopic (exact) mass is 279 g/mol. The maximum Gasteiger partial charge on any atom is 0.327 e. The van der Waals surface area contributed by atoms with E-state index in [2.05, 4.69) is 19.2 Å². The third kappa shape index (κ3) is 4.23. The minimum atomic E-state index is -1.07. The Morgan fingerprint density at radius 1 is 1.40 bits per heavy atom. The second-order valence-corrected chi connectivity index (χ2v) is 5.55. The number of benzene rings is 1. The van der Waals surface area contributed by atoms with Gasteiger partial charge >= 0.3 is 5.97 Å². The van der Waals surface area contributed by atoms with Crippen molar-refractivity contribution in [2.75, 3.05) is 13.2 Å². The van der Waals surface area contributed by atoms with Crippen molar-refractivity contribution in [3.05, 3.63) is 29.8 Å². The second-order valence-electron chi connectivity index (χ2n) is 5.55. The molecule has 2 N–H and O–H groups in total. The van der Waals surface area contributed by atoms with E-state index in [1.165, 1.54) is 0 Å². The second kappa shape index (κ2) is 7.29. The summed E-state index contributed by atoms with van der Waals surface area (Å²) >= 11 is 0. The zero-order valence-electron chi connectivity index (χ0n) is 12.8. The fraction of sp³-hybridized carbons (Fsp3) is 0.562. The summed E-state index contributed by atoms with van der Waals surface area (Å²) in [5.74, 6) is 0.201. The number of hydrogen-bond acceptors (Lipinski definition) is 3. The Morgan fingerprint density at radius 2 is 2.05 bits per heavy atom. The lowest BCUT2D eigenvalue weighted by molar-refractivity contribution is -0.145. The van der Waals surface area contributed by atoms with Crippen LogP contribution >= 0.6 is 0 Å². The number of para-hydroxylation sites is 1. The van der Waals surface area contributed by atoms with E-state index >= 15 is 0 Å². The lowest BCUT2D eigenvalue weighted by Gasteiger charge is -2.27. The molecule has 0 fully saturated rings. The molecule has 1 aromatic rings. The van der Waals surface area contributed by atoms with E-state index in [9.17, 15) is 9.90 Å². The summed E-state index contributed by atoms with van der Waals surface area (Å²) in [5, 5.41) is 12.4. The number of carbonyl (C=O) groups is 1. The molecular weight excluding hydrogens is 254 g/mol. The molecule has 0 amide bonds. The quantitative estimate of drug-likeness (QED) is 0.768. The van der Waals surface area contributed by atoms with Crippen LogP contribution in [0.1, 0.15) is 45.6 Å². The van der Waals surface area contributed by atoms with Gasteiger partial charge < -0.3 is 9.84 Å². The Hall–Kier alpha value is -1.55. The topological polar surface area (TPSA) is 58.6 Å². The first-order valence-corrected chi connectivity index (χ1v) is 7.11. The van der Waals surface area contributed by atoms with Crippen molar-refractivity contribution in [3.8, 4) is 5.75 Å². The Labute approximate surface area is 121 Å². The predicted molar refractivity (Wildman–Crippen MR) is 80.4 cm³/mol. The molecule has 4 heteroatoms. The van der Waals surface area contributed by atoms with Crippen LogP contribution in [0.3, 0.4) is 0 Å². The van der Waals surface area contributed by atoms with Gasteiger partial charge in [0.05, 0.1) is 0 Å². The summed E-state index contributed by atoms with van der Waals surface area (Å²) in [7, 11) is 0. The third-order valence-corrected chi connectivity index (χ3v) is 3.29. The fourth-order valence-corrected chi connectivity index (χ4v) is 1.90. The number of carboxylic acid groups (broad SMARTS) is 1. The van der Waals surface area contributed by atoms with Crippen molar-refractivity contribution in [3.63, 3.8) is 0 Å². The summed E-state index contributed by atoms with van der Waals surface area (Å²) in [6, 6.07) is 7.77. The van der Waals surface area contributed by atoms with Gasteiger partial charge in [0.15, 0.2) is 0 Å². The number of carboxylic acids is 1. The van der Waals surface area contributed by atoms with Crippen LogP contribution in [-0.2, 0) is 4.79 Å². The van der Waals surface area contributed by atoms with Gasteiger partial charge in [-0.05, 0) is 37.4 Å². The summed E-state index contributed by atoms with van der Waals surface area (Å²) in [5.41, 5.74) is 0.0239. The van der Waals surface area contributed by atoms with Crippen molar-refractivity contribution in [1.29, 1.82) is 0 Å². The Balaban J connectivity index is 2.80. The molecule has 1 rings (SSSR count). The van der Waals surface area contributed by atoms with E-state index in [1.54, 1.807) is 6.92 Å². The van der Waals surface area contributed by atoms with Crippen LogP contribution < -0.4 is 10.1 Å². The third-order valence-electron chi connectivity index (χ3n) is 3.29. The maximum absolute atomic E-state index is 11.4. The smallest absolute Gasteiger partial charge is 0.327 e. The highest BCUT2D eigenvalue weighted by Crippen LogP contribution is 2.26. The predicted octanol–water partition coefficient (Wildman–Crippen LogP) is 3.03. The molecule has 0 spiro atoms. The van der Waals surface area contributed by atoms with Gasteiger partial charge in [-0.2, -0.15) is 0 Å². The molecular formula is C16H25NO3. The van der Waals surface area contributed by atoms with Gasteiger partial charge in [0, 0.05) is 0 Å². The van der Waals surface area contributed by atoms with Crippen LogP contribution in [0.4, 0.5) is 0 Å². The highest BCUT2D eigenvalue weighted by Gasteiger charge is 2.33. The van der Waals surface area contributed by atoms with Gasteiger partial charge in [0.2, 0.25) is 0 Å². The van der Waals surface area contributed by atoms with Crippen molar-refractivity contribution < 1.29 is 14.6 Å². The van der Waals surface area contributed by atoms with E-state index in [0.717, 1.165) is 17.7 Å². The number of aliphatic carboxylic acids is 1. The highest BCUT2D eigenvalue weighted by atomic mass is 16.5. The van der Waals surface area contributed by atoms with E-state index in [4.69, 9.17) is 4.74 Å². The van der Waals surface area contributed by atoms with E-state index in [1.807, 2.05) is 31.2 Å². The lowest BCUT2D eigenvalue weighted by Crippen LogP contribution is -2.54. The van der Waals surface area contributed by atoms with E-state index in [0.29, 0.717) is 12.5 Å². The number of ether oxygens (including phenoxy) is 1. The Bertz CT molecular complexity index is 445. The molecule has 1 atom stereocenters. The van der Waals surface area contributed by atoms with Crippen LogP contribution in [0.5, 0.6) is 5.75 Å². The number of rotatable bonds is 8. The van der Waals surface area contributed by atoms with Crippen LogP contribution in [0.2, 0.25) is 0 Å². The van der Waals surface area contributed by atoms with Gasteiger partial charge in [0.1, 0.15) is 17.9 Å². The SMILES string of the molecule is CCCNC(C)(COc1ccccc1C(C)C)C(=O)O. The molecule has 0 saturated carbocycles. The molecule has 0 heterocycles. The molecule has 1 unspecified atom stereocenters. The molecule has 0 aliphatic heterocycles. The molecule has 0 bridgehead atoms. The minimum absolute atomic E-state index is 0.103. The standard InChI is InChI=1S/C16H25NO3/c1-5-10-17-16(4,15(18)19)11-20-14-9-7-6-8-13(14)12(2)3/h6-9,12,17H,5,10-11H2,1-4H3,(H,18,19). The first-order chi connectivity index (χ1) is 9.40. The van der Waals surface area contributed by atoms with Gasteiger partial charge in [-0.15, -0.1) is 0 Å². The minimum Gasteiger partial charge on any atom is -0.491 e. The van der Waals surface area contributed by atoms with Crippen LogP contribution in [0, 0.1) is 0 Å². The van der Waals surface area contributed by atoms with E-state index in [-0.39, 0.29) is 6.61 Å². The average molecular weight is 279 g/mol. The first kappa shape index (κ1) is 16.5. The highest BCUT2D eigenvalue weighted by molar-refractivity contribution is 5.78. The molecule has 0 aliphatic rings. The van der Waals surface area contributed by atoms with Crippen molar-refractivity contribution >= 4 is 5.97 Å². The molecule has 4 nitrogen and oxygen atoms in total. The van der Waals surface area contributed by atoms with Gasteiger partial charge in [-0.25, -0.2) is 0 Å². The maximum atomic E-state index is 11.4.